The highest BCUT2D eigenvalue weighted by molar-refractivity contribution is 5.98. The molecule has 2 rings (SSSR count). The molecule has 0 saturated heterocycles. The quantitative estimate of drug-likeness (QED) is 0.791. The van der Waals surface area contributed by atoms with Crippen LogP contribution in [0.25, 0.3) is 0 Å². The molecule has 1 saturated carbocycles. The minimum absolute atomic E-state index is 0.0204. The van der Waals surface area contributed by atoms with Crippen molar-refractivity contribution in [3.05, 3.63) is 34.9 Å². The van der Waals surface area contributed by atoms with Crippen molar-refractivity contribution in [1.29, 1.82) is 0 Å². The summed E-state index contributed by atoms with van der Waals surface area (Å²) in [4.78, 5) is 22.7. The predicted molar refractivity (Wildman–Crippen MR) is 69.5 cm³/mol. The van der Waals surface area contributed by atoms with Crippen molar-refractivity contribution in [2.45, 2.75) is 25.1 Å². The van der Waals surface area contributed by atoms with Crippen LogP contribution in [0, 0.1) is 5.92 Å². The van der Waals surface area contributed by atoms with Crippen molar-refractivity contribution in [3.63, 3.8) is 0 Å². The summed E-state index contributed by atoms with van der Waals surface area (Å²) in [7, 11) is 0. The lowest BCUT2D eigenvalue weighted by Gasteiger charge is -2.34. The van der Waals surface area contributed by atoms with Crippen LogP contribution in [0.15, 0.2) is 18.2 Å². The zero-order valence-electron chi connectivity index (χ0n) is 11.4. The van der Waals surface area contributed by atoms with Gasteiger partial charge in [-0.05, 0) is 37.0 Å². The van der Waals surface area contributed by atoms with E-state index in [1.165, 1.54) is 0 Å². The first kappa shape index (κ1) is 16.3. The lowest BCUT2D eigenvalue weighted by Crippen LogP contribution is -2.45. The van der Waals surface area contributed by atoms with Gasteiger partial charge in [0, 0.05) is 12.6 Å². The van der Waals surface area contributed by atoms with E-state index in [4.69, 9.17) is 10.2 Å². The van der Waals surface area contributed by atoms with E-state index < -0.39 is 34.7 Å². The van der Waals surface area contributed by atoms with E-state index >= 15 is 0 Å². The van der Waals surface area contributed by atoms with Gasteiger partial charge < -0.3 is 15.5 Å². The third kappa shape index (κ3) is 3.38. The molecule has 8 heteroatoms. The lowest BCUT2D eigenvalue weighted by atomic mass is 9.81. The van der Waals surface area contributed by atoms with Gasteiger partial charge in [-0.1, -0.05) is 0 Å². The number of alkyl halides is 3. The Hall–Kier alpha value is -2.09. The highest BCUT2D eigenvalue weighted by Gasteiger charge is 2.37. The Balaban J connectivity index is 2.22. The van der Waals surface area contributed by atoms with Gasteiger partial charge in [0.15, 0.2) is 0 Å². The number of carbonyl (C=O) groups is 2. The molecule has 1 amide bonds. The minimum Gasteiger partial charge on any atom is -0.478 e. The fraction of sp³-hybridized carbons (Fsp3) is 0.429. The number of aliphatic hydroxyl groups is 1. The fourth-order valence-corrected chi connectivity index (χ4v) is 2.38. The van der Waals surface area contributed by atoms with E-state index in [2.05, 4.69) is 5.32 Å². The summed E-state index contributed by atoms with van der Waals surface area (Å²) in [5.41, 5.74) is -2.42. The standard InChI is InChI=1S/C14H14F3NO4/c15-14(16,17)11-5-8(13(21)22)1-2-10(11)12(20)18-9-3-7(4-9)6-19/h1-2,5,7,9,19H,3-4,6H2,(H,18,20)(H,21,22). The van der Waals surface area contributed by atoms with Crippen LogP contribution in [-0.4, -0.2) is 34.7 Å². The molecule has 120 valence electrons. The number of carboxylic acid groups (broad SMARTS) is 1. The van der Waals surface area contributed by atoms with Gasteiger partial charge in [-0.25, -0.2) is 4.79 Å². The second kappa shape index (κ2) is 5.96. The number of nitrogens with one attached hydrogen (secondary N) is 1. The lowest BCUT2D eigenvalue weighted by molar-refractivity contribution is -0.138. The van der Waals surface area contributed by atoms with Crippen molar-refractivity contribution in [2.24, 2.45) is 5.92 Å². The Morgan fingerprint density at radius 3 is 2.41 bits per heavy atom. The second-order valence-corrected chi connectivity index (χ2v) is 5.25. The van der Waals surface area contributed by atoms with Gasteiger partial charge in [-0.2, -0.15) is 13.2 Å². The van der Waals surface area contributed by atoms with Gasteiger partial charge in [0.05, 0.1) is 16.7 Å². The molecule has 1 aliphatic rings. The van der Waals surface area contributed by atoms with Crippen LogP contribution in [0.2, 0.25) is 0 Å². The van der Waals surface area contributed by atoms with Crippen molar-refractivity contribution >= 4 is 11.9 Å². The summed E-state index contributed by atoms with van der Waals surface area (Å²) in [6, 6.07) is 2.01. The molecular weight excluding hydrogens is 303 g/mol. The number of halogens is 3. The van der Waals surface area contributed by atoms with Crippen LogP contribution in [0.4, 0.5) is 13.2 Å². The molecule has 0 heterocycles. The van der Waals surface area contributed by atoms with E-state index in [-0.39, 0.29) is 18.6 Å². The third-order valence-electron chi connectivity index (χ3n) is 3.65. The van der Waals surface area contributed by atoms with Gasteiger partial charge in [0.1, 0.15) is 0 Å². The van der Waals surface area contributed by atoms with Gasteiger partial charge in [0.25, 0.3) is 5.91 Å². The number of hydrogen-bond donors (Lipinski definition) is 3. The summed E-state index contributed by atoms with van der Waals surface area (Å²) in [6.07, 6.45) is -3.81. The van der Waals surface area contributed by atoms with Gasteiger partial charge in [-0.3, -0.25) is 4.79 Å². The van der Waals surface area contributed by atoms with Gasteiger partial charge in [0.2, 0.25) is 0 Å². The first-order chi connectivity index (χ1) is 10.2. The zero-order chi connectivity index (χ0) is 16.5. The van der Waals surface area contributed by atoms with E-state index in [1.54, 1.807) is 0 Å². The Kier molecular flexibility index (Phi) is 4.41. The number of hydrogen-bond acceptors (Lipinski definition) is 3. The molecule has 0 radical (unpaired) electrons. The molecule has 0 unspecified atom stereocenters. The highest BCUT2D eigenvalue weighted by Crippen LogP contribution is 2.33. The highest BCUT2D eigenvalue weighted by atomic mass is 19.4. The second-order valence-electron chi connectivity index (χ2n) is 5.25. The van der Waals surface area contributed by atoms with Crippen molar-refractivity contribution in [2.75, 3.05) is 6.61 Å². The monoisotopic (exact) mass is 317 g/mol. The molecule has 5 nitrogen and oxygen atoms in total. The van der Waals surface area contributed by atoms with Crippen LogP contribution < -0.4 is 5.32 Å². The van der Waals surface area contributed by atoms with E-state index in [0.29, 0.717) is 18.9 Å². The SMILES string of the molecule is O=C(O)c1ccc(C(=O)NC2CC(CO)C2)c(C(F)(F)F)c1. The van der Waals surface area contributed by atoms with E-state index in [9.17, 15) is 22.8 Å². The number of aromatic carboxylic acids is 1. The number of carbonyl (C=O) groups excluding carboxylic acids is 1. The Labute approximate surface area is 123 Å². The van der Waals surface area contributed by atoms with Crippen LogP contribution in [0.1, 0.15) is 39.1 Å². The Morgan fingerprint density at radius 2 is 1.91 bits per heavy atom. The van der Waals surface area contributed by atoms with Gasteiger partial charge in [-0.15, -0.1) is 0 Å². The minimum atomic E-state index is -4.83. The first-order valence-electron chi connectivity index (χ1n) is 6.58. The van der Waals surface area contributed by atoms with Crippen molar-refractivity contribution in [3.8, 4) is 0 Å². The van der Waals surface area contributed by atoms with Crippen LogP contribution in [0.3, 0.4) is 0 Å². The summed E-state index contributed by atoms with van der Waals surface area (Å²) >= 11 is 0. The molecule has 1 aromatic rings. The number of aliphatic hydroxyl groups excluding tert-OH is 1. The summed E-state index contributed by atoms with van der Waals surface area (Å²) < 4.78 is 39.0. The third-order valence-corrected chi connectivity index (χ3v) is 3.65. The van der Waals surface area contributed by atoms with Crippen LogP contribution >= 0.6 is 0 Å². The zero-order valence-corrected chi connectivity index (χ0v) is 11.4. The maximum absolute atomic E-state index is 13.0. The molecule has 0 aliphatic heterocycles. The number of amides is 1. The molecular formula is C14H14F3NO4. The molecule has 1 aromatic carbocycles. The number of carboxylic acids is 1. The van der Waals surface area contributed by atoms with E-state index in [1.807, 2.05) is 0 Å². The molecule has 1 fully saturated rings. The average molecular weight is 317 g/mol. The predicted octanol–water partition coefficient (Wildman–Crippen LogP) is 1.90. The molecule has 0 atom stereocenters. The Morgan fingerprint density at radius 1 is 1.27 bits per heavy atom. The molecule has 0 spiro atoms. The number of benzene rings is 1. The van der Waals surface area contributed by atoms with Crippen LogP contribution in [-0.2, 0) is 6.18 Å². The summed E-state index contributed by atoms with van der Waals surface area (Å²) in [5.74, 6) is -2.34. The first-order valence-corrected chi connectivity index (χ1v) is 6.58. The maximum atomic E-state index is 13.0. The largest absolute Gasteiger partial charge is 0.478 e. The molecule has 0 bridgehead atoms. The van der Waals surface area contributed by atoms with Crippen LogP contribution in [0.5, 0.6) is 0 Å². The fourth-order valence-electron chi connectivity index (χ4n) is 2.38. The molecule has 3 N–H and O–H groups in total. The van der Waals surface area contributed by atoms with Gasteiger partial charge >= 0.3 is 12.1 Å². The average Bonchev–Trinajstić information content (AvgIpc) is 2.40. The smallest absolute Gasteiger partial charge is 0.417 e. The number of rotatable bonds is 4. The summed E-state index contributed by atoms with van der Waals surface area (Å²) in [6.45, 7) is -0.0204. The topological polar surface area (TPSA) is 86.6 Å². The molecule has 0 aromatic heterocycles. The van der Waals surface area contributed by atoms with Crippen molar-refractivity contribution < 1.29 is 33.0 Å². The summed E-state index contributed by atoms with van der Waals surface area (Å²) in [5, 5.41) is 20.1. The maximum Gasteiger partial charge on any atom is 0.417 e. The van der Waals surface area contributed by atoms with Crippen molar-refractivity contribution in [1.82, 2.24) is 5.32 Å². The van der Waals surface area contributed by atoms with E-state index in [0.717, 1.165) is 12.1 Å². The molecule has 1 aliphatic carbocycles. The molecule has 22 heavy (non-hydrogen) atoms. The Bertz CT molecular complexity index is 594. The normalized spacial score (nSPS) is 21.1.